The minimum Gasteiger partial charge on any atom is -0.485 e. The maximum Gasteiger partial charge on any atom is 0.287 e. The van der Waals surface area contributed by atoms with Crippen molar-refractivity contribution in [3.05, 3.63) is 53.5 Å². The van der Waals surface area contributed by atoms with Gasteiger partial charge in [-0.25, -0.2) is 0 Å². The van der Waals surface area contributed by atoms with Gasteiger partial charge in [0.1, 0.15) is 18.1 Å². The molecule has 0 spiro atoms. The van der Waals surface area contributed by atoms with Crippen molar-refractivity contribution in [1.29, 1.82) is 0 Å². The van der Waals surface area contributed by atoms with Gasteiger partial charge in [-0.05, 0) is 43.8 Å². The number of carbonyl (C=O) groups excluding carboxylic acids is 1. The van der Waals surface area contributed by atoms with Crippen molar-refractivity contribution in [3.63, 3.8) is 0 Å². The first-order chi connectivity index (χ1) is 11.6. The number of nitrogens with zero attached hydrogens (tertiary/aromatic N) is 1. The van der Waals surface area contributed by atoms with Crippen LogP contribution in [0.15, 0.2) is 40.8 Å². The first kappa shape index (κ1) is 18.1. The van der Waals surface area contributed by atoms with Gasteiger partial charge in [-0.3, -0.25) is 4.79 Å². The summed E-state index contributed by atoms with van der Waals surface area (Å²) in [6.45, 7) is 9.92. The number of hydrogen-bond donors (Lipinski definition) is 1. The SMILES string of the molecule is CCN(CC)CCNC(=O)c1ccc(COc2ccccc2C)o1. The molecular formula is C19H26N2O3. The molecule has 0 radical (unpaired) electrons. The van der Waals surface area contributed by atoms with Crippen LogP contribution in [0.25, 0.3) is 0 Å². The Balaban J connectivity index is 1.81. The lowest BCUT2D eigenvalue weighted by Gasteiger charge is -2.17. The first-order valence-corrected chi connectivity index (χ1v) is 8.41. The molecule has 0 bridgehead atoms. The zero-order chi connectivity index (χ0) is 17.4. The molecule has 0 saturated heterocycles. The summed E-state index contributed by atoms with van der Waals surface area (Å²) < 4.78 is 11.3. The predicted octanol–water partition coefficient (Wildman–Crippen LogP) is 3.24. The van der Waals surface area contributed by atoms with Crippen LogP contribution in [0.1, 0.15) is 35.7 Å². The standard InChI is InChI=1S/C19H26N2O3/c1-4-21(5-2)13-12-20-19(22)18-11-10-16(24-18)14-23-17-9-7-6-8-15(17)3/h6-11H,4-5,12-14H2,1-3H3,(H,20,22). The van der Waals surface area contributed by atoms with Crippen molar-refractivity contribution in [2.45, 2.75) is 27.4 Å². The van der Waals surface area contributed by atoms with Gasteiger partial charge in [-0.1, -0.05) is 32.0 Å². The highest BCUT2D eigenvalue weighted by Gasteiger charge is 2.11. The molecule has 5 nitrogen and oxygen atoms in total. The molecule has 0 atom stereocenters. The Labute approximate surface area is 143 Å². The second-order valence-electron chi connectivity index (χ2n) is 5.60. The van der Waals surface area contributed by atoms with Crippen LogP contribution in [0.2, 0.25) is 0 Å². The third-order valence-electron chi connectivity index (χ3n) is 3.96. The lowest BCUT2D eigenvalue weighted by Crippen LogP contribution is -2.34. The fourth-order valence-electron chi connectivity index (χ4n) is 2.40. The van der Waals surface area contributed by atoms with E-state index < -0.39 is 0 Å². The quantitative estimate of drug-likeness (QED) is 0.767. The average molecular weight is 330 g/mol. The molecule has 0 unspecified atom stereocenters. The number of ether oxygens (including phenoxy) is 1. The lowest BCUT2D eigenvalue weighted by molar-refractivity contribution is 0.0917. The molecule has 1 heterocycles. The molecule has 1 aromatic heterocycles. The fourth-order valence-corrected chi connectivity index (χ4v) is 2.40. The number of likely N-dealkylation sites (N-methyl/N-ethyl adjacent to an activating group) is 1. The van der Waals surface area contributed by atoms with Gasteiger partial charge in [0.05, 0.1) is 0 Å². The molecule has 2 aromatic rings. The number of carbonyl (C=O) groups is 1. The molecular weight excluding hydrogens is 304 g/mol. The lowest BCUT2D eigenvalue weighted by atomic mass is 10.2. The van der Waals surface area contributed by atoms with Crippen molar-refractivity contribution in [1.82, 2.24) is 10.2 Å². The van der Waals surface area contributed by atoms with Crippen LogP contribution in [0.5, 0.6) is 5.75 Å². The number of nitrogens with one attached hydrogen (secondary N) is 1. The summed E-state index contributed by atoms with van der Waals surface area (Å²) in [6.07, 6.45) is 0. The second-order valence-corrected chi connectivity index (χ2v) is 5.60. The normalized spacial score (nSPS) is 10.8. The molecule has 130 valence electrons. The average Bonchev–Trinajstić information content (AvgIpc) is 3.07. The number of benzene rings is 1. The highest BCUT2D eigenvalue weighted by molar-refractivity contribution is 5.91. The third kappa shape index (κ3) is 5.13. The van der Waals surface area contributed by atoms with Crippen molar-refractivity contribution < 1.29 is 13.9 Å². The van der Waals surface area contributed by atoms with E-state index in [0.717, 1.165) is 30.9 Å². The molecule has 1 aromatic carbocycles. The van der Waals surface area contributed by atoms with E-state index in [2.05, 4.69) is 24.1 Å². The van der Waals surface area contributed by atoms with E-state index in [9.17, 15) is 4.79 Å². The molecule has 1 amide bonds. The predicted molar refractivity (Wildman–Crippen MR) is 94.3 cm³/mol. The maximum atomic E-state index is 12.1. The number of aryl methyl sites for hydroxylation is 1. The molecule has 0 aliphatic carbocycles. The number of furan rings is 1. The summed E-state index contributed by atoms with van der Waals surface area (Å²) in [6, 6.07) is 11.3. The van der Waals surface area contributed by atoms with E-state index >= 15 is 0 Å². The van der Waals surface area contributed by atoms with Gasteiger partial charge in [-0.2, -0.15) is 0 Å². The van der Waals surface area contributed by atoms with Crippen molar-refractivity contribution in [3.8, 4) is 5.75 Å². The number of amides is 1. The first-order valence-electron chi connectivity index (χ1n) is 8.41. The summed E-state index contributed by atoms with van der Waals surface area (Å²) in [5.74, 6) is 1.58. The molecule has 0 aliphatic heterocycles. The van der Waals surface area contributed by atoms with E-state index in [1.165, 1.54) is 0 Å². The maximum absolute atomic E-state index is 12.1. The van der Waals surface area contributed by atoms with Gasteiger partial charge in [0.25, 0.3) is 5.91 Å². The monoisotopic (exact) mass is 330 g/mol. The molecule has 0 aliphatic rings. The molecule has 5 heteroatoms. The Bertz CT molecular complexity index is 648. The highest BCUT2D eigenvalue weighted by Crippen LogP contribution is 2.18. The van der Waals surface area contributed by atoms with Gasteiger partial charge < -0.3 is 19.4 Å². The summed E-state index contributed by atoms with van der Waals surface area (Å²) in [4.78, 5) is 14.3. The second kappa shape index (κ2) is 9.13. The van der Waals surface area contributed by atoms with Crippen LogP contribution >= 0.6 is 0 Å². The molecule has 24 heavy (non-hydrogen) atoms. The smallest absolute Gasteiger partial charge is 0.287 e. The highest BCUT2D eigenvalue weighted by atomic mass is 16.5. The Hall–Kier alpha value is -2.27. The van der Waals surface area contributed by atoms with E-state index in [4.69, 9.17) is 9.15 Å². The zero-order valence-electron chi connectivity index (χ0n) is 14.7. The van der Waals surface area contributed by atoms with Gasteiger partial charge in [-0.15, -0.1) is 0 Å². The summed E-state index contributed by atoms with van der Waals surface area (Å²) in [5, 5.41) is 2.88. The Kier molecular flexibility index (Phi) is 6.88. The van der Waals surface area contributed by atoms with Crippen LogP contribution in [-0.2, 0) is 6.61 Å². The van der Waals surface area contributed by atoms with Crippen molar-refractivity contribution in [2.75, 3.05) is 26.2 Å². The van der Waals surface area contributed by atoms with Crippen LogP contribution in [0.3, 0.4) is 0 Å². The molecule has 2 rings (SSSR count). The van der Waals surface area contributed by atoms with E-state index in [1.54, 1.807) is 12.1 Å². The number of hydrogen-bond acceptors (Lipinski definition) is 4. The van der Waals surface area contributed by atoms with Gasteiger partial charge >= 0.3 is 0 Å². The van der Waals surface area contributed by atoms with Crippen LogP contribution in [0.4, 0.5) is 0 Å². The number of rotatable bonds is 9. The van der Waals surface area contributed by atoms with Crippen molar-refractivity contribution >= 4 is 5.91 Å². The molecule has 0 saturated carbocycles. The fraction of sp³-hybridized carbons (Fsp3) is 0.421. The van der Waals surface area contributed by atoms with Gasteiger partial charge in [0, 0.05) is 13.1 Å². The Morgan fingerprint density at radius 3 is 2.62 bits per heavy atom. The minimum atomic E-state index is -0.190. The summed E-state index contributed by atoms with van der Waals surface area (Å²) in [5.41, 5.74) is 1.07. The largest absolute Gasteiger partial charge is 0.485 e. The molecule has 1 N–H and O–H groups in total. The van der Waals surface area contributed by atoms with Crippen LogP contribution in [-0.4, -0.2) is 37.0 Å². The Morgan fingerprint density at radius 2 is 1.92 bits per heavy atom. The minimum absolute atomic E-state index is 0.190. The topological polar surface area (TPSA) is 54.7 Å². The van der Waals surface area contributed by atoms with Gasteiger partial charge in [0.2, 0.25) is 0 Å². The van der Waals surface area contributed by atoms with E-state index in [-0.39, 0.29) is 5.91 Å². The van der Waals surface area contributed by atoms with E-state index in [0.29, 0.717) is 24.7 Å². The van der Waals surface area contributed by atoms with Crippen LogP contribution in [0, 0.1) is 6.92 Å². The number of para-hydroxylation sites is 1. The van der Waals surface area contributed by atoms with Crippen LogP contribution < -0.4 is 10.1 Å². The van der Waals surface area contributed by atoms with Gasteiger partial charge in [0.15, 0.2) is 5.76 Å². The third-order valence-corrected chi connectivity index (χ3v) is 3.96. The Morgan fingerprint density at radius 1 is 1.17 bits per heavy atom. The molecule has 0 fully saturated rings. The van der Waals surface area contributed by atoms with Crippen molar-refractivity contribution in [2.24, 2.45) is 0 Å². The van der Waals surface area contributed by atoms with E-state index in [1.807, 2.05) is 31.2 Å². The zero-order valence-corrected chi connectivity index (χ0v) is 14.7. The summed E-state index contributed by atoms with van der Waals surface area (Å²) in [7, 11) is 0. The summed E-state index contributed by atoms with van der Waals surface area (Å²) >= 11 is 0.